The van der Waals surface area contributed by atoms with E-state index < -0.39 is 5.31 Å². The van der Waals surface area contributed by atoms with Gasteiger partial charge in [-0.1, -0.05) is 11.6 Å². The molecular formula is C13H14BClN2O. The molecule has 3 rings (SSSR count). The van der Waals surface area contributed by atoms with E-state index in [2.05, 4.69) is 4.98 Å². The van der Waals surface area contributed by atoms with Gasteiger partial charge in [0, 0.05) is 21.6 Å². The van der Waals surface area contributed by atoms with Crippen molar-refractivity contribution in [2.24, 2.45) is 5.73 Å². The first kappa shape index (κ1) is 11.7. The lowest BCUT2D eigenvalue weighted by Crippen LogP contribution is -2.44. The van der Waals surface area contributed by atoms with Crippen LogP contribution in [0, 0.1) is 0 Å². The van der Waals surface area contributed by atoms with Crippen LogP contribution in [0.15, 0.2) is 18.2 Å². The molecule has 0 spiro atoms. The molecule has 1 aliphatic carbocycles. The minimum atomic E-state index is -0.584. The third-order valence-corrected chi connectivity index (χ3v) is 4.30. The zero-order valence-corrected chi connectivity index (χ0v) is 11.0. The topological polar surface area (TPSA) is 58.9 Å². The van der Waals surface area contributed by atoms with Gasteiger partial charge in [0.2, 0.25) is 5.91 Å². The highest BCUT2D eigenvalue weighted by Crippen LogP contribution is 2.39. The van der Waals surface area contributed by atoms with Gasteiger partial charge < -0.3 is 10.7 Å². The monoisotopic (exact) mass is 260 g/mol. The number of hydrogen-bond acceptors (Lipinski definition) is 1. The molecule has 3 nitrogen and oxygen atoms in total. The second-order valence-corrected chi connectivity index (χ2v) is 5.65. The molecule has 0 radical (unpaired) electrons. The Morgan fingerprint density at radius 2 is 2.28 bits per heavy atom. The van der Waals surface area contributed by atoms with Crippen LogP contribution in [0.3, 0.4) is 0 Å². The van der Waals surface area contributed by atoms with Crippen molar-refractivity contribution in [3.8, 4) is 0 Å². The summed E-state index contributed by atoms with van der Waals surface area (Å²) in [5.41, 5.74) is 8.77. The maximum absolute atomic E-state index is 11.8. The molecule has 0 bridgehead atoms. The van der Waals surface area contributed by atoms with Gasteiger partial charge in [-0.2, -0.15) is 0 Å². The van der Waals surface area contributed by atoms with Crippen LogP contribution < -0.4 is 5.73 Å². The summed E-state index contributed by atoms with van der Waals surface area (Å²) in [6.45, 7) is 0. The number of aromatic nitrogens is 1. The van der Waals surface area contributed by atoms with Crippen molar-refractivity contribution in [3.63, 3.8) is 0 Å². The first-order chi connectivity index (χ1) is 8.52. The minimum Gasteiger partial charge on any atom is -0.369 e. The van der Waals surface area contributed by atoms with Crippen molar-refractivity contribution < 1.29 is 4.79 Å². The van der Waals surface area contributed by atoms with Gasteiger partial charge in [0.1, 0.15) is 7.85 Å². The number of hydrogen-bond donors (Lipinski definition) is 2. The fourth-order valence-electron chi connectivity index (χ4n) is 2.94. The fourth-order valence-corrected chi connectivity index (χ4v) is 3.11. The van der Waals surface area contributed by atoms with Crippen LogP contribution >= 0.6 is 11.6 Å². The van der Waals surface area contributed by atoms with Gasteiger partial charge >= 0.3 is 0 Å². The molecule has 0 aliphatic heterocycles. The number of amides is 1. The zero-order chi connectivity index (χ0) is 12.9. The summed E-state index contributed by atoms with van der Waals surface area (Å²) < 4.78 is 0. The van der Waals surface area contributed by atoms with Crippen molar-refractivity contribution in [1.29, 1.82) is 0 Å². The van der Waals surface area contributed by atoms with Crippen LogP contribution in [0.1, 0.15) is 24.1 Å². The smallest absolute Gasteiger partial charge is 0.221 e. The number of halogens is 1. The maximum atomic E-state index is 11.8. The number of nitrogens with two attached hydrogens (primary N) is 1. The number of carbonyl (C=O) groups excluding carboxylic acids is 1. The fraction of sp³-hybridized carbons (Fsp3) is 0.308. The van der Waals surface area contributed by atoms with Crippen molar-refractivity contribution >= 4 is 36.3 Å². The molecule has 5 heteroatoms. The van der Waals surface area contributed by atoms with E-state index in [1.807, 2.05) is 26.0 Å². The lowest BCUT2D eigenvalue weighted by Gasteiger charge is -2.30. The highest BCUT2D eigenvalue weighted by atomic mass is 35.5. The third-order valence-electron chi connectivity index (χ3n) is 4.07. The highest BCUT2D eigenvalue weighted by molar-refractivity contribution is 6.31. The summed E-state index contributed by atoms with van der Waals surface area (Å²) in [7, 11) is 1.92. The number of benzene rings is 1. The van der Waals surface area contributed by atoms with Crippen molar-refractivity contribution in [2.75, 3.05) is 0 Å². The molecular weight excluding hydrogens is 246 g/mol. The van der Waals surface area contributed by atoms with Crippen molar-refractivity contribution in [2.45, 2.75) is 24.6 Å². The molecule has 0 fully saturated rings. The molecule has 1 atom stereocenters. The van der Waals surface area contributed by atoms with Crippen LogP contribution in [-0.2, 0) is 16.5 Å². The Bertz CT molecular complexity index is 652. The average Bonchev–Trinajstić information content (AvgIpc) is 2.69. The summed E-state index contributed by atoms with van der Waals surface area (Å²) in [4.78, 5) is 15.1. The number of carbonyl (C=O) groups is 1. The molecule has 1 aromatic carbocycles. The molecule has 92 valence electrons. The van der Waals surface area contributed by atoms with E-state index in [-0.39, 0.29) is 5.91 Å². The molecule has 1 aliphatic rings. The van der Waals surface area contributed by atoms with Gasteiger partial charge in [-0.05, 0) is 43.0 Å². The molecule has 1 heterocycles. The number of H-pyrrole nitrogens is 1. The van der Waals surface area contributed by atoms with Gasteiger partial charge in [0.25, 0.3) is 0 Å². The number of aryl methyl sites for hydroxylation is 1. The van der Waals surface area contributed by atoms with Gasteiger partial charge in [-0.15, -0.1) is 0 Å². The van der Waals surface area contributed by atoms with E-state index in [4.69, 9.17) is 17.3 Å². The second-order valence-electron chi connectivity index (χ2n) is 5.22. The molecule has 1 unspecified atom stereocenters. The largest absolute Gasteiger partial charge is 0.369 e. The van der Waals surface area contributed by atoms with Gasteiger partial charge in [-0.25, -0.2) is 0 Å². The summed E-state index contributed by atoms with van der Waals surface area (Å²) in [5, 5.41) is 1.25. The summed E-state index contributed by atoms with van der Waals surface area (Å²) in [6, 6.07) is 5.77. The van der Waals surface area contributed by atoms with Crippen LogP contribution in [-0.4, -0.2) is 18.7 Å². The lowest BCUT2D eigenvalue weighted by molar-refractivity contribution is -0.121. The standard InChI is InChI=1S/C13H14BClN2O/c14-13(12(16)18)5-1-2-8-9-6-7(15)3-4-10(9)17-11(8)13/h3-4,6,17H,1-2,5,14H2,(H2,16,18). The third kappa shape index (κ3) is 1.48. The predicted molar refractivity (Wildman–Crippen MR) is 75.7 cm³/mol. The molecule has 18 heavy (non-hydrogen) atoms. The Morgan fingerprint density at radius 3 is 3.00 bits per heavy atom. The molecule has 0 saturated heterocycles. The first-order valence-electron chi connectivity index (χ1n) is 6.13. The summed E-state index contributed by atoms with van der Waals surface area (Å²) in [5.74, 6) is -0.263. The Morgan fingerprint density at radius 1 is 1.50 bits per heavy atom. The van der Waals surface area contributed by atoms with E-state index >= 15 is 0 Å². The SMILES string of the molecule is BC1(C(N)=O)CCCc2c1[nH]c1ccc(Cl)cc21. The van der Waals surface area contributed by atoms with Gasteiger partial charge in [0.15, 0.2) is 0 Å². The highest BCUT2D eigenvalue weighted by Gasteiger charge is 2.39. The molecule has 2 aromatic rings. The zero-order valence-electron chi connectivity index (χ0n) is 10.2. The van der Waals surface area contributed by atoms with Crippen LogP contribution in [0.2, 0.25) is 5.02 Å². The molecule has 0 saturated carbocycles. The molecule has 1 amide bonds. The number of aromatic amines is 1. The average molecular weight is 261 g/mol. The Labute approximate surface area is 111 Å². The second kappa shape index (κ2) is 3.79. The quantitative estimate of drug-likeness (QED) is 0.750. The normalized spacial score (nSPS) is 22.9. The number of fused-ring (bicyclic) bond motifs is 3. The van der Waals surface area contributed by atoms with Crippen molar-refractivity contribution in [3.05, 3.63) is 34.5 Å². The van der Waals surface area contributed by atoms with Gasteiger partial charge in [-0.3, -0.25) is 4.79 Å². The summed E-state index contributed by atoms with van der Waals surface area (Å²) in [6.07, 6.45) is 2.75. The van der Waals surface area contributed by atoms with E-state index in [1.54, 1.807) is 0 Å². The predicted octanol–water partition coefficient (Wildman–Crippen LogP) is 1.47. The lowest BCUT2D eigenvalue weighted by atomic mass is 9.59. The van der Waals surface area contributed by atoms with E-state index in [1.165, 1.54) is 5.56 Å². The van der Waals surface area contributed by atoms with E-state index in [0.717, 1.165) is 40.9 Å². The number of primary amides is 1. The number of rotatable bonds is 1. The molecule has 3 N–H and O–H groups in total. The maximum Gasteiger partial charge on any atom is 0.221 e. The van der Waals surface area contributed by atoms with E-state index in [9.17, 15) is 4.79 Å². The minimum absolute atomic E-state index is 0.263. The Balaban J connectivity index is 2.31. The van der Waals surface area contributed by atoms with Gasteiger partial charge in [0.05, 0.1) is 5.31 Å². The van der Waals surface area contributed by atoms with E-state index in [0.29, 0.717) is 0 Å². The van der Waals surface area contributed by atoms with Crippen LogP contribution in [0.5, 0.6) is 0 Å². The molecule has 1 aromatic heterocycles. The summed E-state index contributed by atoms with van der Waals surface area (Å²) >= 11 is 6.05. The van der Waals surface area contributed by atoms with Crippen LogP contribution in [0.25, 0.3) is 10.9 Å². The first-order valence-corrected chi connectivity index (χ1v) is 6.50. The number of nitrogens with one attached hydrogen (secondary N) is 1. The van der Waals surface area contributed by atoms with Crippen LogP contribution in [0.4, 0.5) is 0 Å². The Kier molecular flexibility index (Phi) is 2.45. The Hall–Kier alpha value is -1.42. The van der Waals surface area contributed by atoms with Crippen molar-refractivity contribution in [1.82, 2.24) is 4.98 Å².